The maximum Gasteiger partial charge on any atom is 0.271 e. The van der Waals surface area contributed by atoms with Crippen molar-refractivity contribution < 1.29 is 9.18 Å². The minimum absolute atomic E-state index is 0.211. The number of hydrogen-bond acceptors (Lipinski definition) is 3. The zero-order valence-electron chi connectivity index (χ0n) is 17.2. The number of hydrogen-bond donors (Lipinski definition) is 0. The van der Waals surface area contributed by atoms with Crippen LogP contribution in [-0.4, -0.2) is 46.5 Å². The quantitative estimate of drug-likeness (QED) is 0.599. The normalized spacial score (nSPS) is 15.1. The van der Waals surface area contributed by atoms with Crippen LogP contribution in [0.25, 0.3) is 11.8 Å². The lowest BCUT2D eigenvalue weighted by molar-refractivity contribution is -0.127. The molecule has 1 aliphatic rings. The van der Waals surface area contributed by atoms with Gasteiger partial charge in [0.2, 0.25) is 0 Å². The second-order valence-corrected chi connectivity index (χ2v) is 7.54. The Bertz CT molecular complexity index is 1120. The van der Waals surface area contributed by atoms with Crippen molar-refractivity contribution in [3.63, 3.8) is 0 Å². The van der Waals surface area contributed by atoms with Gasteiger partial charge in [0, 0.05) is 45.0 Å². The average Bonchev–Trinajstić information content (AvgIpc) is 2.80. The van der Waals surface area contributed by atoms with E-state index in [2.05, 4.69) is 17.0 Å². The second-order valence-electron chi connectivity index (χ2n) is 7.54. The molecule has 2 heterocycles. The molecule has 0 spiro atoms. The molecule has 0 aliphatic carbocycles. The molecule has 0 atom stereocenters. The molecule has 1 aromatic heterocycles. The number of benzene rings is 2. The molecular formula is C25H24FN3O2. The van der Waals surface area contributed by atoms with Crippen LogP contribution < -0.4 is 5.56 Å². The van der Waals surface area contributed by atoms with Crippen molar-refractivity contribution >= 4 is 17.7 Å². The molecule has 0 radical (unpaired) electrons. The van der Waals surface area contributed by atoms with Gasteiger partial charge in [0.15, 0.2) is 0 Å². The highest BCUT2D eigenvalue weighted by molar-refractivity contribution is 6.18. The molecule has 6 heteroatoms. The first kappa shape index (κ1) is 20.8. The highest BCUT2D eigenvalue weighted by atomic mass is 19.1. The molecule has 0 N–H and O–H groups in total. The van der Waals surface area contributed by atoms with E-state index in [0.29, 0.717) is 18.7 Å². The van der Waals surface area contributed by atoms with Gasteiger partial charge in [0.05, 0.1) is 0 Å². The van der Waals surface area contributed by atoms with Crippen molar-refractivity contribution in [3.05, 3.63) is 106 Å². The van der Waals surface area contributed by atoms with E-state index in [1.165, 1.54) is 28.3 Å². The molecule has 31 heavy (non-hydrogen) atoms. The van der Waals surface area contributed by atoms with Crippen LogP contribution in [-0.2, 0) is 11.3 Å². The zero-order valence-corrected chi connectivity index (χ0v) is 17.2. The van der Waals surface area contributed by atoms with E-state index >= 15 is 0 Å². The third-order valence-corrected chi connectivity index (χ3v) is 5.38. The van der Waals surface area contributed by atoms with Crippen LogP contribution >= 0.6 is 0 Å². The summed E-state index contributed by atoms with van der Waals surface area (Å²) in [6.45, 7) is 3.52. The Morgan fingerprint density at radius 1 is 0.871 bits per heavy atom. The van der Waals surface area contributed by atoms with Gasteiger partial charge >= 0.3 is 0 Å². The number of piperazine rings is 1. The van der Waals surface area contributed by atoms with Crippen LogP contribution in [0.4, 0.5) is 4.39 Å². The maximum atomic E-state index is 13.4. The van der Waals surface area contributed by atoms with E-state index in [1.807, 2.05) is 18.2 Å². The number of halogens is 1. The Hall–Kier alpha value is -3.51. The zero-order chi connectivity index (χ0) is 21.6. The standard InChI is InChI=1S/C25H24FN3O2/c26-22-11-9-20(10-12-22)18-23(29-13-5-4-8-24(29)30)25(31)28-16-14-27(15-17-28)19-21-6-2-1-3-7-21/h1-13,18H,14-17,19H2/b23-18+. The van der Waals surface area contributed by atoms with Crippen molar-refractivity contribution in [2.24, 2.45) is 0 Å². The number of amides is 1. The first-order valence-corrected chi connectivity index (χ1v) is 10.3. The molecule has 0 bridgehead atoms. The van der Waals surface area contributed by atoms with Crippen LogP contribution in [0.3, 0.4) is 0 Å². The highest BCUT2D eigenvalue weighted by Crippen LogP contribution is 2.16. The molecule has 0 unspecified atom stereocenters. The Balaban J connectivity index is 1.53. The minimum atomic E-state index is -0.351. The number of carbonyl (C=O) groups is 1. The highest BCUT2D eigenvalue weighted by Gasteiger charge is 2.25. The largest absolute Gasteiger partial charge is 0.335 e. The van der Waals surface area contributed by atoms with E-state index in [-0.39, 0.29) is 23.0 Å². The van der Waals surface area contributed by atoms with E-state index in [4.69, 9.17) is 0 Å². The molecule has 0 saturated carbocycles. The van der Waals surface area contributed by atoms with E-state index < -0.39 is 0 Å². The van der Waals surface area contributed by atoms with Gasteiger partial charge in [-0.15, -0.1) is 0 Å². The van der Waals surface area contributed by atoms with Crippen molar-refractivity contribution in [2.45, 2.75) is 6.54 Å². The van der Waals surface area contributed by atoms with Crippen LogP contribution in [0, 0.1) is 5.82 Å². The van der Waals surface area contributed by atoms with Gasteiger partial charge in [0.1, 0.15) is 11.5 Å². The number of carbonyl (C=O) groups excluding carboxylic acids is 1. The topological polar surface area (TPSA) is 45.6 Å². The monoisotopic (exact) mass is 417 g/mol. The molecule has 1 amide bonds. The fraction of sp³-hybridized carbons (Fsp3) is 0.200. The predicted molar refractivity (Wildman–Crippen MR) is 120 cm³/mol. The van der Waals surface area contributed by atoms with E-state index in [0.717, 1.165) is 19.6 Å². The van der Waals surface area contributed by atoms with Crippen LogP contribution in [0.1, 0.15) is 11.1 Å². The SMILES string of the molecule is O=C(/C(=C\c1ccc(F)cc1)n1ccccc1=O)N1CCN(Cc2ccccc2)CC1. The summed E-state index contributed by atoms with van der Waals surface area (Å²) in [5.41, 5.74) is 1.87. The van der Waals surface area contributed by atoms with Crippen LogP contribution in [0.15, 0.2) is 83.8 Å². The van der Waals surface area contributed by atoms with E-state index in [9.17, 15) is 14.0 Å². The summed E-state index contributed by atoms with van der Waals surface area (Å²) < 4.78 is 14.6. The first-order valence-electron chi connectivity index (χ1n) is 10.3. The van der Waals surface area contributed by atoms with Crippen molar-refractivity contribution in [2.75, 3.05) is 26.2 Å². The van der Waals surface area contributed by atoms with Crippen molar-refractivity contribution in [1.29, 1.82) is 0 Å². The van der Waals surface area contributed by atoms with Gasteiger partial charge < -0.3 is 4.90 Å². The molecule has 3 aromatic rings. The minimum Gasteiger partial charge on any atom is -0.335 e. The van der Waals surface area contributed by atoms with Gasteiger partial charge in [-0.2, -0.15) is 0 Å². The molecule has 5 nitrogen and oxygen atoms in total. The summed E-state index contributed by atoms with van der Waals surface area (Å²) in [5.74, 6) is -0.562. The molecule has 158 valence electrons. The Morgan fingerprint density at radius 2 is 1.55 bits per heavy atom. The summed E-state index contributed by atoms with van der Waals surface area (Å²) >= 11 is 0. The average molecular weight is 417 g/mol. The third-order valence-electron chi connectivity index (χ3n) is 5.38. The number of nitrogens with zero attached hydrogens (tertiary/aromatic N) is 3. The summed E-state index contributed by atoms with van der Waals surface area (Å²) in [5, 5.41) is 0. The van der Waals surface area contributed by atoms with Gasteiger partial charge in [-0.1, -0.05) is 48.5 Å². The van der Waals surface area contributed by atoms with Crippen molar-refractivity contribution in [1.82, 2.24) is 14.4 Å². The lowest BCUT2D eigenvalue weighted by atomic mass is 10.1. The fourth-order valence-corrected chi connectivity index (χ4v) is 3.69. The lowest BCUT2D eigenvalue weighted by Gasteiger charge is -2.35. The fourth-order valence-electron chi connectivity index (χ4n) is 3.69. The first-order chi connectivity index (χ1) is 15.1. The number of rotatable bonds is 5. The van der Waals surface area contributed by atoms with Gasteiger partial charge in [-0.3, -0.25) is 19.1 Å². The van der Waals surface area contributed by atoms with Crippen LogP contribution in [0.2, 0.25) is 0 Å². The maximum absolute atomic E-state index is 13.4. The summed E-state index contributed by atoms with van der Waals surface area (Å²) in [6, 6.07) is 20.9. The Kier molecular flexibility index (Phi) is 6.38. The molecule has 1 aliphatic heterocycles. The summed E-state index contributed by atoms with van der Waals surface area (Å²) in [4.78, 5) is 29.9. The van der Waals surface area contributed by atoms with Gasteiger partial charge in [-0.05, 0) is 35.4 Å². The van der Waals surface area contributed by atoms with E-state index in [1.54, 1.807) is 41.4 Å². The third kappa shape index (κ3) is 5.16. The number of aromatic nitrogens is 1. The summed E-state index contributed by atoms with van der Waals surface area (Å²) in [7, 11) is 0. The Labute approximate surface area is 180 Å². The van der Waals surface area contributed by atoms with Crippen LogP contribution in [0.5, 0.6) is 0 Å². The summed E-state index contributed by atoms with van der Waals surface area (Å²) in [6.07, 6.45) is 3.22. The smallest absolute Gasteiger partial charge is 0.271 e. The molecule has 1 fully saturated rings. The van der Waals surface area contributed by atoms with Crippen molar-refractivity contribution in [3.8, 4) is 0 Å². The molecule has 1 saturated heterocycles. The lowest BCUT2D eigenvalue weighted by Crippen LogP contribution is -2.49. The second kappa shape index (κ2) is 9.53. The molecule has 2 aromatic carbocycles. The number of pyridine rings is 1. The predicted octanol–water partition coefficient (Wildman–Crippen LogP) is 3.33. The molecule has 4 rings (SSSR count). The van der Waals surface area contributed by atoms with Gasteiger partial charge in [0.25, 0.3) is 11.5 Å². The van der Waals surface area contributed by atoms with Gasteiger partial charge in [-0.25, -0.2) is 4.39 Å². The Morgan fingerprint density at radius 3 is 2.23 bits per heavy atom. The molecular weight excluding hydrogens is 393 g/mol.